The molecule has 1 aromatic carbocycles. The number of hydrogen-bond donors (Lipinski definition) is 1. The van der Waals surface area contributed by atoms with E-state index in [2.05, 4.69) is 41.5 Å². The van der Waals surface area contributed by atoms with Gasteiger partial charge in [-0.3, -0.25) is 4.90 Å². The first kappa shape index (κ1) is 10.3. The van der Waals surface area contributed by atoms with Crippen LogP contribution in [0, 0.1) is 0 Å². The van der Waals surface area contributed by atoms with Crippen LogP contribution in [-0.2, 0) is 13.0 Å². The molecule has 0 saturated carbocycles. The van der Waals surface area contributed by atoms with E-state index in [4.69, 9.17) is 0 Å². The van der Waals surface area contributed by atoms with Gasteiger partial charge in [-0.1, -0.05) is 24.3 Å². The lowest BCUT2D eigenvalue weighted by atomic mass is 9.77. The Balaban J connectivity index is 1.93. The average Bonchev–Trinajstić information content (AvgIpc) is 2.32. The van der Waals surface area contributed by atoms with Gasteiger partial charge in [0.25, 0.3) is 0 Å². The number of hydrogen-bond acceptors (Lipinski definition) is 2. The predicted molar refractivity (Wildman–Crippen MR) is 66.4 cm³/mol. The minimum atomic E-state index is 0.430. The Morgan fingerprint density at radius 2 is 1.81 bits per heavy atom. The molecule has 2 heteroatoms. The molecule has 0 aliphatic carbocycles. The molecule has 1 fully saturated rings. The van der Waals surface area contributed by atoms with Crippen LogP contribution in [0.5, 0.6) is 0 Å². The van der Waals surface area contributed by atoms with Crippen LogP contribution < -0.4 is 5.32 Å². The monoisotopic (exact) mass is 216 g/mol. The Kier molecular flexibility index (Phi) is 2.49. The van der Waals surface area contributed by atoms with Gasteiger partial charge in [0.1, 0.15) is 0 Å². The fourth-order valence-electron chi connectivity index (χ4n) is 3.25. The van der Waals surface area contributed by atoms with E-state index >= 15 is 0 Å². The second-order valence-corrected chi connectivity index (χ2v) is 5.28. The van der Waals surface area contributed by atoms with Crippen molar-refractivity contribution in [2.45, 2.75) is 31.3 Å². The molecule has 0 aromatic heterocycles. The Hall–Kier alpha value is -0.860. The Morgan fingerprint density at radius 1 is 1.12 bits per heavy atom. The number of rotatable bonds is 0. The molecule has 0 amide bonds. The lowest BCUT2D eigenvalue weighted by Crippen LogP contribution is -2.56. The lowest BCUT2D eigenvalue weighted by molar-refractivity contribution is 0.0633. The van der Waals surface area contributed by atoms with Gasteiger partial charge in [0, 0.05) is 12.1 Å². The fraction of sp³-hybridized carbons (Fsp3) is 0.571. The molecule has 1 N–H and O–H groups in total. The zero-order chi connectivity index (χ0) is 11.0. The molecule has 16 heavy (non-hydrogen) atoms. The summed E-state index contributed by atoms with van der Waals surface area (Å²) in [5.74, 6) is 0. The molecule has 86 valence electrons. The summed E-state index contributed by atoms with van der Waals surface area (Å²) in [6.45, 7) is 3.47. The number of nitrogens with one attached hydrogen (secondary N) is 1. The summed E-state index contributed by atoms with van der Waals surface area (Å²) in [5.41, 5.74) is 3.52. The molecule has 1 saturated heterocycles. The van der Waals surface area contributed by atoms with Gasteiger partial charge >= 0.3 is 0 Å². The van der Waals surface area contributed by atoms with E-state index < -0.39 is 0 Å². The number of fused-ring (bicyclic) bond motifs is 1. The van der Waals surface area contributed by atoms with Crippen molar-refractivity contribution in [1.29, 1.82) is 0 Å². The first-order chi connectivity index (χ1) is 7.80. The smallest absolute Gasteiger partial charge is 0.0274 e. The van der Waals surface area contributed by atoms with Crippen molar-refractivity contribution in [2.75, 3.05) is 20.1 Å². The van der Waals surface area contributed by atoms with Crippen LogP contribution in [-0.4, -0.2) is 30.6 Å². The van der Waals surface area contributed by atoms with Crippen LogP contribution in [0.2, 0.25) is 0 Å². The molecule has 0 unspecified atom stereocenters. The summed E-state index contributed by atoms with van der Waals surface area (Å²) >= 11 is 0. The van der Waals surface area contributed by atoms with Crippen LogP contribution in [0.1, 0.15) is 24.0 Å². The molecule has 2 nitrogen and oxygen atoms in total. The van der Waals surface area contributed by atoms with E-state index in [1.54, 1.807) is 5.56 Å². The second-order valence-electron chi connectivity index (χ2n) is 5.28. The molecule has 2 aliphatic rings. The zero-order valence-electron chi connectivity index (χ0n) is 10.00. The van der Waals surface area contributed by atoms with Crippen molar-refractivity contribution in [1.82, 2.24) is 10.2 Å². The van der Waals surface area contributed by atoms with Crippen molar-refractivity contribution in [2.24, 2.45) is 0 Å². The maximum absolute atomic E-state index is 3.47. The quantitative estimate of drug-likeness (QED) is 0.711. The molecule has 2 aliphatic heterocycles. The van der Waals surface area contributed by atoms with Crippen LogP contribution >= 0.6 is 0 Å². The van der Waals surface area contributed by atoms with E-state index in [0.717, 1.165) is 6.54 Å². The van der Waals surface area contributed by atoms with E-state index in [0.29, 0.717) is 5.54 Å². The normalized spacial score (nSPS) is 24.3. The molecule has 1 spiro atoms. The third kappa shape index (κ3) is 1.57. The van der Waals surface area contributed by atoms with Gasteiger partial charge in [-0.05, 0) is 50.5 Å². The molecule has 0 bridgehead atoms. The molecule has 0 radical (unpaired) electrons. The van der Waals surface area contributed by atoms with E-state index in [9.17, 15) is 0 Å². The van der Waals surface area contributed by atoms with Gasteiger partial charge in [0.15, 0.2) is 0 Å². The summed E-state index contributed by atoms with van der Waals surface area (Å²) in [6.07, 6.45) is 3.82. The highest BCUT2D eigenvalue weighted by atomic mass is 15.2. The largest absolute Gasteiger partial charge is 0.317 e. The predicted octanol–water partition coefficient (Wildman–Crippen LogP) is 1.80. The first-order valence-electron chi connectivity index (χ1n) is 6.29. The van der Waals surface area contributed by atoms with E-state index in [1.165, 1.54) is 37.9 Å². The van der Waals surface area contributed by atoms with E-state index in [1.807, 2.05) is 0 Å². The SMILES string of the molecule is CN1Cc2ccccc2CC12CCNCC2. The highest BCUT2D eigenvalue weighted by Gasteiger charge is 2.39. The van der Waals surface area contributed by atoms with Gasteiger partial charge in [0.2, 0.25) is 0 Å². The number of nitrogens with zero attached hydrogens (tertiary/aromatic N) is 1. The van der Waals surface area contributed by atoms with Gasteiger partial charge in [-0.2, -0.15) is 0 Å². The van der Waals surface area contributed by atoms with Crippen LogP contribution in [0.4, 0.5) is 0 Å². The van der Waals surface area contributed by atoms with Gasteiger partial charge < -0.3 is 5.32 Å². The van der Waals surface area contributed by atoms with Gasteiger partial charge in [-0.15, -0.1) is 0 Å². The fourth-order valence-corrected chi connectivity index (χ4v) is 3.25. The number of benzene rings is 1. The standard InChI is InChI=1S/C14H20N2/c1-16-11-13-5-3-2-4-12(13)10-14(16)6-8-15-9-7-14/h2-5,15H,6-11H2,1H3. The van der Waals surface area contributed by atoms with Gasteiger partial charge in [-0.25, -0.2) is 0 Å². The van der Waals surface area contributed by atoms with Gasteiger partial charge in [0.05, 0.1) is 0 Å². The Bertz CT molecular complexity index is 380. The maximum Gasteiger partial charge on any atom is 0.0274 e. The van der Waals surface area contributed by atoms with Crippen LogP contribution in [0.3, 0.4) is 0 Å². The zero-order valence-corrected chi connectivity index (χ0v) is 10.00. The summed E-state index contributed by atoms with van der Waals surface area (Å²) in [5, 5.41) is 3.47. The summed E-state index contributed by atoms with van der Waals surface area (Å²) in [7, 11) is 2.29. The molecular weight excluding hydrogens is 196 g/mol. The Labute approximate surface area is 97.6 Å². The lowest BCUT2D eigenvalue weighted by Gasteiger charge is -2.48. The highest BCUT2D eigenvalue weighted by Crippen LogP contribution is 2.35. The molecule has 2 heterocycles. The third-order valence-corrected chi connectivity index (χ3v) is 4.39. The highest BCUT2D eigenvalue weighted by molar-refractivity contribution is 5.32. The summed E-state index contributed by atoms with van der Waals surface area (Å²) in [6, 6.07) is 8.93. The first-order valence-corrected chi connectivity index (χ1v) is 6.29. The topological polar surface area (TPSA) is 15.3 Å². The van der Waals surface area contributed by atoms with Crippen LogP contribution in [0.15, 0.2) is 24.3 Å². The summed E-state index contributed by atoms with van der Waals surface area (Å²) in [4.78, 5) is 2.58. The average molecular weight is 216 g/mol. The molecule has 3 rings (SSSR count). The summed E-state index contributed by atoms with van der Waals surface area (Å²) < 4.78 is 0. The minimum absolute atomic E-state index is 0.430. The number of likely N-dealkylation sites (N-methyl/N-ethyl adjacent to an activating group) is 1. The number of piperidine rings is 1. The minimum Gasteiger partial charge on any atom is -0.317 e. The van der Waals surface area contributed by atoms with Crippen molar-refractivity contribution in [3.63, 3.8) is 0 Å². The van der Waals surface area contributed by atoms with E-state index in [-0.39, 0.29) is 0 Å². The molecular formula is C14H20N2. The third-order valence-electron chi connectivity index (χ3n) is 4.39. The van der Waals surface area contributed by atoms with Crippen molar-refractivity contribution < 1.29 is 0 Å². The maximum atomic E-state index is 3.47. The van der Waals surface area contributed by atoms with Crippen molar-refractivity contribution in [3.05, 3.63) is 35.4 Å². The van der Waals surface area contributed by atoms with Crippen molar-refractivity contribution >= 4 is 0 Å². The Morgan fingerprint density at radius 3 is 2.56 bits per heavy atom. The molecule has 1 aromatic rings. The molecule has 0 atom stereocenters. The second kappa shape index (κ2) is 3.86. The van der Waals surface area contributed by atoms with Crippen LogP contribution in [0.25, 0.3) is 0 Å². The van der Waals surface area contributed by atoms with Crippen molar-refractivity contribution in [3.8, 4) is 0 Å².